The Balaban J connectivity index is 2.01. The molecular weight excluding hydrogens is 440 g/mol. The number of phenolic OH excluding ortho intramolecular Hbond substituents is 1. The average Bonchev–Trinajstić information content (AvgIpc) is 2.93. The van der Waals surface area contributed by atoms with Crippen molar-refractivity contribution in [1.82, 2.24) is 0 Å². The van der Waals surface area contributed by atoms with Crippen molar-refractivity contribution in [3.63, 3.8) is 0 Å². The summed E-state index contributed by atoms with van der Waals surface area (Å²) in [5.41, 5.74) is 2.28. The third-order valence-corrected chi connectivity index (χ3v) is 4.69. The molecule has 0 amide bonds. The van der Waals surface area contributed by atoms with Crippen molar-refractivity contribution >= 4 is 49.5 Å². The fraction of sp³-hybridized carbons (Fsp3) is 0.0556. The van der Waals surface area contributed by atoms with Crippen LogP contribution in [0.5, 0.6) is 11.5 Å². The predicted molar refractivity (Wildman–Crippen MR) is 98.5 cm³/mol. The van der Waals surface area contributed by atoms with Gasteiger partial charge < -0.3 is 14.6 Å². The maximum Gasteiger partial charge on any atom is 0.336 e. The van der Waals surface area contributed by atoms with Gasteiger partial charge >= 0.3 is 5.97 Å². The van der Waals surface area contributed by atoms with E-state index >= 15 is 0 Å². The number of methoxy groups -OCH3 is 1. The zero-order valence-corrected chi connectivity index (χ0v) is 15.7. The van der Waals surface area contributed by atoms with Gasteiger partial charge in [-0.15, -0.1) is 0 Å². The molecule has 0 saturated heterocycles. The predicted octanol–water partition coefficient (Wildman–Crippen LogP) is 4.91. The Morgan fingerprint density at radius 3 is 2.33 bits per heavy atom. The number of ether oxygens (including phenoxy) is 2. The lowest BCUT2D eigenvalue weighted by molar-refractivity contribution is -0.132. The number of carbonyl (C=O) groups is 1. The van der Waals surface area contributed by atoms with Gasteiger partial charge in [0, 0.05) is 11.6 Å². The van der Waals surface area contributed by atoms with Crippen LogP contribution in [0.15, 0.2) is 57.2 Å². The molecule has 1 aliphatic rings. The Morgan fingerprint density at radius 1 is 1.12 bits per heavy atom. The molecule has 0 radical (unpaired) electrons. The topological polar surface area (TPSA) is 55.8 Å². The van der Waals surface area contributed by atoms with Crippen LogP contribution in [0.4, 0.5) is 0 Å². The number of hydrogen-bond donors (Lipinski definition) is 1. The quantitative estimate of drug-likeness (QED) is 0.673. The maximum absolute atomic E-state index is 11.7. The summed E-state index contributed by atoms with van der Waals surface area (Å²) in [5.74, 6) is 0.882. The average molecular weight is 452 g/mol. The van der Waals surface area contributed by atoms with Gasteiger partial charge in [-0.05, 0) is 73.3 Å². The van der Waals surface area contributed by atoms with Crippen LogP contribution < -0.4 is 4.74 Å². The molecule has 0 aliphatic carbocycles. The smallest absolute Gasteiger partial charge is 0.336 e. The normalized spacial score (nSPS) is 15.4. The molecule has 122 valence electrons. The number of esters is 1. The van der Waals surface area contributed by atoms with Crippen molar-refractivity contribution in [2.24, 2.45) is 0 Å². The summed E-state index contributed by atoms with van der Waals surface area (Å²) in [7, 11) is 1.60. The summed E-state index contributed by atoms with van der Waals surface area (Å²) < 4.78 is 11.5. The number of aromatic hydroxyl groups is 1. The summed E-state index contributed by atoms with van der Waals surface area (Å²) in [4.78, 5) is 11.7. The third-order valence-electron chi connectivity index (χ3n) is 3.48. The van der Waals surface area contributed by atoms with Gasteiger partial charge in [0.1, 0.15) is 17.3 Å². The molecule has 0 atom stereocenters. The molecule has 2 aromatic carbocycles. The SMILES string of the molecule is COc1ccc(C=C2OC(=O)C=C2c2cc(Br)c(O)c(Br)c2)cc1. The number of halogens is 2. The van der Waals surface area contributed by atoms with Gasteiger partial charge in [-0.1, -0.05) is 12.1 Å². The first-order valence-electron chi connectivity index (χ1n) is 6.96. The number of cyclic esters (lactones) is 1. The van der Waals surface area contributed by atoms with E-state index < -0.39 is 5.97 Å². The Morgan fingerprint density at radius 2 is 1.75 bits per heavy atom. The van der Waals surface area contributed by atoms with E-state index in [-0.39, 0.29) is 5.75 Å². The Bertz CT molecular complexity index is 844. The number of carbonyl (C=O) groups excluding carboxylic acids is 1. The van der Waals surface area contributed by atoms with Crippen molar-refractivity contribution in [3.8, 4) is 11.5 Å². The van der Waals surface area contributed by atoms with Crippen LogP contribution in [-0.4, -0.2) is 18.2 Å². The second-order valence-electron chi connectivity index (χ2n) is 5.05. The molecule has 0 fully saturated rings. The minimum Gasteiger partial charge on any atom is -0.506 e. The minimum atomic E-state index is -0.426. The van der Waals surface area contributed by atoms with E-state index in [2.05, 4.69) is 31.9 Å². The molecule has 0 bridgehead atoms. The highest BCUT2D eigenvalue weighted by molar-refractivity contribution is 9.11. The van der Waals surface area contributed by atoms with Gasteiger partial charge in [0.25, 0.3) is 0 Å². The van der Waals surface area contributed by atoms with Gasteiger partial charge in [0.05, 0.1) is 16.1 Å². The molecule has 3 rings (SSSR count). The first kappa shape index (κ1) is 16.8. The van der Waals surface area contributed by atoms with Crippen molar-refractivity contribution < 1.29 is 19.4 Å². The lowest BCUT2D eigenvalue weighted by Gasteiger charge is -2.08. The van der Waals surface area contributed by atoms with Gasteiger partial charge in [-0.25, -0.2) is 4.79 Å². The monoisotopic (exact) mass is 450 g/mol. The van der Waals surface area contributed by atoms with Crippen LogP contribution in [0.3, 0.4) is 0 Å². The molecule has 24 heavy (non-hydrogen) atoms. The van der Waals surface area contributed by atoms with E-state index in [0.717, 1.165) is 16.9 Å². The molecular formula is C18H12Br2O4. The van der Waals surface area contributed by atoms with Crippen LogP contribution in [0.25, 0.3) is 11.6 Å². The molecule has 0 unspecified atom stereocenters. The third kappa shape index (κ3) is 3.39. The molecule has 6 heteroatoms. The fourth-order valence-corrected chi connectivity index (χ4v) is 3.47. The Labute approximate surface area is 155 Å². The molecule has 1 N–H and O–H groups in total. The molecule has 0 saturated carbocycles. The van der Waals surface area contributed by atoms with Crippen molar-refractivity contribution in [3.05, 3.63) is 68.3 Å². The zero-order chi connectivity index (χ0) is 17.3. The van der Waals surface area contributed by atoms with E-state index in [4.69, 9.17) is 9.47 Å². The summed E-state index contributed by atoms with van der Waals surface area (Å²) >= 11 is 6.59. The Hall–Kier alpha value is -2.05. The highest BCUT2D eigenvalue weighted by atomic mass is 79.9. The van der Waals surface area contributed by atoms with Crippen LogP contribution in [0.1, 0.15) is 11.1 Å². The summed E-state index contributed by atoms with van der Waals surface area (Å²) in [6, 6.07) is 10.9. The van der Waals surface area contributed by atoms with Crippen molar-refractivity contribution in [1.29, 1.82) is 0 Å². The first-order valence-corrected chi connectivity index (χ1v) is 8.54. The first-order chi connectivity index (χ1) is 11.5. The highest BCUT2D eigenvalue weighted by Crippen LogP contribution is 2.39. The van der Waals surface area contributed by atoms with Crippen LogP contribution in [-0.2, 0) is 9.53 Å². The molecule has 2 aromatic rings. The number of benzene rings is 2. The largest absolute Gasteiger partial charge is 0.506 e. The lowest BCUT2D eigenvalue weighted by Crippen LogP contribution is -1.92. The molecule has 1 heterocycles. The second kappa shape index (κ2) is 6.83. The number of phenols is 1. The summed E-state index contributed by atoms with van der Waals surface area (Å²) in [6.45, 7) is 0. The van der Waals surface area contributed by atoms with Crippen molar-refractivity contribution in [2.75, 3.05) is 7.11 Å². The van der Waals surface area contributed by atoms with E-state index in [9.17, 15) is 9.90 Å². The Kier molecular flexibility index (Phi) is 4.78. The molecule has 4 nitrogen and oxygen atoms in total. The van der Waals surface area contributed by atoms with Gasteiger partial charge in [0.2, 0.25) is 0 Å². The summed E-state index contributed by atoms with van der Waals surface area (Å²) in [6.07, 6.45) is 3.21. The number of rotatable bonds is 3. The molecule has 0 aromatic heterocycles. The lowest BCUT2D eigenvalue weighted by atomic mass is 10.0. The highest BCUT2D eigenvalue weighted by Gasteiger charge is 2.23. The second-order valence-corrected chi connectivity index (χ2v) is 6.76. The van der Waals surface area contributed by atoms with E-state index in [0.29, 0.717) is 20.3 Å². The number of hydrogen-bond acceptors (Lipinski definition) is 4. The molecule has 0 spiro atoms. The van der Waals surface area contributed by atoms with E-state index in [1.54, 1.807) is 25.3 Å². The van der Waals surface area contributed by atoms with E-state index in [1.807, 2.05) is 24.3 Å². The standard InChI is InChI=1S/C18H12Br2O4/c1-23-12-4-2-10(3-5-12)6-16-13(9-17(21)24-16)11-7-14(19)18(22)15(20)8-11/h2-9,22H,1H3. The van der Waals surface area contributed by atoms with E-state index in [1.165, 1.54) is 6.08 Å². The van der Waals surface area contributed by atoms with Gasteiger partial charge in [0.15, 0.2) is 0 Å². The summed E-state index contributed by atoms with van der Waals surface area (Å²) in [5, 5.41) is 9.84. The van der Waals surface area contributed by atoms with Gasteiger partial charge in [-0.3, -0.25) is 0 Å². The van der Waals surface area contributed by atoms with Crippen LogP contribution >= 0.6 is 31.9 Å². The number of allylic oxidation sites excluding steroid dienone is 1. The zero-order valence-electron chi connectivity index (χ0n) is 12.5. The van der Waals surface area contributed by atoms with Crippen LogP contribution in [0, 0.1) is 0 Å². The maximum atomic E-state index is 11.7. The molecule has 1 aliphatic heterocycles. The van der Waals surface area contributed by atoms with Crippen LogP contribution in [0.2, 0.25) is 0 Å². The van der Waals surface area contributed by atoms with Gasteiger partial charge in [-0.2, -0.15) is 0 Å². The fourth-order valence-electron chi connectivity index (χ4n) is 2.29. The van der Waals surface area contributed by atoms with Crippen molar-refractivity contribution in [2.45, 2.75) is 0 Å². The minimum absolute atomic E-state index is 0.102.